The lowest BCUT2D eigenvalue weighted by Crippen LogP contribution is -2.22. The van der Waals surface area contributed by atoms with Gasteiger partial charge in [0.05, 0.1) is 0 Å². The molecule has 8 heteroatoms. The lowest BCUT2D eigenvalue weighted by Gasteiger charge is -2.22. The van der Waals surface area contributed by atoms with E-state index in [9.17, 15) is 9.59 Å². The molecule has 1 aromatic carbocycles. The van der Waals surface area contributed by atoms with Crippen LogP contribution in [-0.2, 0) is 33.3 Å². The molecule has 2 heterocycles. The molecule has 0 spiro atoms. The van der Waals surface area contributed by atoms with Gasteiger partial charge in [0.15, 0.2) is 12.6 Å². The lowest BCUT2D eigenvalue weighted by atomic mass is 9.94. The largest absolute Gasteiger partial charge is 0.462 e. The molecule has 0 bridgehead atoms. The normalized spacial score (nSPS) is 18.5. The van der Waals surface area contributed by atoms with Crippen molar-refractivity contribution in [2.45, 2.75) is 225 Å². The lowest BCUT2D eigenvalue weighted by molar-refractivity contribution is -0.163. The van der Waals surface area contributed by atoms with Gasteiger partial charge in [-0.05, 0) is 107 Å². The summed E-state index contributed by atoms with van der Waals surface area (Å²) in [6.07, 6.45) is 31.7. The van der Waals surface area contributed by atoms with Gasteiger partial charge in [-0.25, -0.2) is 0 Å². The zero-order chi connectivity index (χ0) is 39.0. The van der Waals surface area contributed by atoms with E-state index < -0.39 is 0 Å². The molecule has 1 aromatic rings. The second-order valence-corrected chi connectivity index (χ2v) is 16.2. The molecule has 2 fully saturated rings. The Morgan fingerprint density at radius 2 is 1.05 bits per heavy atom. The minimum Gasteiger partial charge on any atom is -0.462 e. The van der Waals surface area contributed by atoms with Gasteiger partial charge in [0, 0.05) is 39.3 Å². The van der Waals surface area contributed by atoms with Crippen LogP contribution >= 0.6 is 0 Å². The highest BCUT2D eigenvalue weighted by molar-refractivity contribution is 5.72. The van der Waals surface area contributed by atoms with E-state index in [2.05, 4.69) is 26.0 Å². The minimum atomic E-state index is -0.150. The Morgan fingerprint density at radius 3 is 1.51 bits per heavy atom. The summed E-state index contributed by atoms with van der Waals surface area (Å²) < 4.78 is 34.3. The van der Waals surface area contributed by atoms with E-state index in [-0.39, 0.29) is 30.6 Å². The van der Waals surface area contributed by atoms with Crippen molar-refractivity contribution in [3.05, 3.63) is 29.8 Å². The van der Waals surface area contributed by atoms with Crippen molar-refractivity contribution >= 4 is 11.9 Å². The smallest absolute Gasteiger partial charge is 0.311 e. The van der Waals surface area contributed by atoms with E-state index in [1.165, 1.54) is 108 Å². The van der Waals surface area contributed by atoms with Crippen molar-refractivity contribution in [2.75, 3.05) is 26.4 Å². The van der Waals surface area contributed by atoms with Crippen LogP contribution in [0.5, 0.6) is 5.75 Å². The molecule has 2 aliphatic heterocycles. The summed E-state index contributed by atoms with van der Waals surface area (Å²) in [7, 11) is 0. The predicted molar refractivity (Wildman–Crippen MR) is 221 cm³/mol. The van der Waals surface area contributed by atoms with E-state index >= 15 is 0 Å². The van der Waals surface area contributed by atoms with Crippen molar-refractivity contribution in [2.24, 2.45) is 0 Å². The Morgan fingerprint density at radius 1 is 0.600 bits per heavy atom. The second-order valence-electron chi connectivity index (χ2n) is 16.2. The van der Waals surface area contributed by atoms with Crippen LogP contribution in [0, 0.1) is 0 Å². The predicted octanol–water partition coefficient (Wildman–Crippen LogP) is 12.7. The van der Waals surface area contributed by atoms with Crippen molar-refractivity contribution in [3.8, 4) is 5.75 Å². The summed E-state index contributed by atoms with van der Waals surface area (Å²) >= 11 is 0. The molecule has 316 valence electrons. The average Bonchev–Trinajstić information content (AvgIpc) is 3.21. The fourth-order valence-corrected chi connectivity index (χ4v) is 7.57. The third kappa shape index (κ3) is 24.4. The maximum atomic E-state index is 12.5. The monoisotopic (exact) mass is 773 g/mol. The molecule has 0 saturated carbocycles. The molecule has 0 amide bonds. The molecule has 0 aliphatic carbocycles. The number of rotatable bonds is 33. The Labute approximate surface area is 335 Å². The van der Waals surface area contributed by atoms with Crippen LogP contribution in [0.15, 0.2) is 24.3 Å². The van der Waals surface area contributed by atoms with E-state index in [1.807, 2.05) is 12.1 Å². The molecular weight excluding hydrogens is 693 g/mol. The maximum absolute atomic E-state index is 12.5. The Balaban J connectivity index is 1.10. The third-order valence-corrected chi connectivity index (χ3v) is 11.3. The summed E-state index contributed by atoms with van der Waals surface area (Å²) in [5, 5.41) is 0. The Hall–Kier alpha value is -2.00. The third-order valence-electron chi connectivity index (χ3n) is 11.3. The summed E-state index contributed by atoms with van der Waals surface area (Å²) in [6, 6.07) is 7.92. The van der Waals surface area contributed by atoms with Crippen LogP contribution < -0.4 is 4.74 Å². The Bertz CT molecular complexity index is 1070. The van der Waals surface area contributed by atoms with E-state index in [4.69, 9.17) is 28.4 Å². The number of carbonyl (C=O) groups is 2. The first kappa shape index (κ1) is 47.4. The summed E-state index contributed by atoms with van der Waals surface area (Å²) in [5.41, 5.74) is 1.21. The van der Waals surface area contributed by atoms with Gasteiger partial charge in [-0.15, -0.1) is 0 Å². The molecule has 3 rings (SSSR count). The summed E-state index contributed by atoms with van der Waals surface area (Å²) in [5.74, 6) is 0.736. The van der Waals surface area contributed by atoms with Crippen molar-refractivity contribution < 1.29 is 38.0 Å². The fraction of sp³-hybridized carbons (Fsp3) is 0.830. The SMILES string of the molecule is CCC(CCC(C)c1ccc(OC(=O)CCCCCCCCCCCOC2CCCCO2)cc1)OC(=O)CCCCCCCCCCCOC1CCCCO1. The molecule has 0 aromatic heterocycles. The Kier molecular flexibility index (Phi) is 27.6. The first-order valence-electron chi connectivity index (χ1n) is 23.0. The van der Waals surface area contributed by atoms with Crippen LogP contribution in [0.25, 0.3) is 0 Å². The highest BCUT2D eigenvalue weighted by atomic mass is 16.7. The van der Waals surface area contributed by atoms with Crippen molar-refractivity contribution in [3.63, 3.8) is 0 Å². The number of carbonyl (C=O) groups excluding carboxylic acids is 2. The van der Waals surface area contributed by atoms with Crippen LogP contribution in [0.4, 0.5) is 0 Å². The molecule has 2 aliphatic rings. The molecule has 4 atom stereocenters. The van der Waals surface area contributed by atoms with Gasteiger partial charge >= 0.3 is 11.9 Å². The topological polar surface area (TPSA) is 89.5 Å². The van der Waals surface area contributed by atoms with Crippen LogP contribution in [0.2, 0.25) is 0 Å². The van der Waals surface area contributed by atoms with Gasteiger partial charge < -0.3 is 28.4 Å². The van der Waals surface area contributed by atoms with Crippen molar-refractivity contribution in [1.82, 2.24) is 0 Å². The van der Waals surface area contributed by atoms with Gasteiger partial charge in [-0.3, -0.25) is 9.59 Å². The zero-order valence-corrected chi connectivity index (χ0v) is 35.2. The summed E-state index contributed by atoms with van der Waals surface area (Å²) in [6.45, 7) is 7.64. The quantitative estimate of drug-likeness (QED) is 0.0396. The maximum Gasteiger partial charge on any atom is 0.311 e. The number of hydrogen-bond acceptors (Lipinski definition) is 8. The number of hydrogen-bond donors (Lipinski definition) is 0. The van der Waals surface area contributed by atoms with E-state index in [0.717, 1.165) is 97.1 Å². The molecule has 2 saturated heterocycles. The number of ether oxygens (including phenoxy) is 6. The standard InChI is InChI=1S/C47H80O8/c1-3-42(54-44(48)26-18-14-10-6-4-8-12-16-22-36-50-46-28-20-24-38-52-46)33-30-40(2)41-31-34-43(35-32-41)55-45(49)27-19-15-11-7-5-9-13-17-23-37-51-47-29-21-25-39-53-47/h31-32,34-35,40,42,46-47H,3-30,33,36-39H2,1-2H3. The zero-order valence-electron chi connectivity index (χ0n) is 35.2. The van der Waals surface area contributed by atoms with Crippen LogP contribution in [-0.4, -0.2) is 57.1 Å². The second kappa shape index (κ2) is 32.0. The van der Waals surface area contributed by atoms with E-state index in [0.29, 0.717) is 24.5 Å². The number of benzene rings is 1. The van der Waals surface area contributed by atoms with Gasteiger partial charge in [0.2, 0.25) is 0 Å². The minimum absolute atomic E-state index is 0.0343. The fourth-order valence-electron chi connectivity index (χ4n) is 7.57. The molecule has 0 radical (unpaired) electrons. The molecule has 8 nitrogen and oxygen atoms in total. The highest BCUT2D eigenvalue weighted by Gasteiger charge is 2.17. The van der Waals surface area contributed by atoms with Crippen LogP contribution in [0.1, 0.15) is 212 Å². The first-order valence-corrected chi connectivity index (χ1v) is 23.0. The first-order chi connectivity index (χ1) is 27.0. The number of esters is 2. The molecule has 0 N–H and O–H groups in total. The molecule has 4 unspecified atom stereocenters. The molecular formula is C47H80O8. The summed E-state index contributed by atoms with van der Waals surface area (Å²) in [4.78, 5) is 25.0. The van der Waals surface area contributed by atoms with Gasteiger partial charge in [0.25, 0.3) is 0 Å². The van der Waals surface area contributed by atoms with Gasteiger partial charge in [-0.2, -0.15) is 0 Å². The number of unbranched alkanes of at least 4 members (excludes halogenated alkanes) is 16. The van der Waals surface area contributed by atoms with Crippen molar-refractivity contribution in [1.29, 1.82) is 0 Å². The van der Waals surface area contributed by atoms with E-state index in [1.54, 1.807) is 0 Å². The van der Waals surface area contributed by atoms with Gasteiger partial charge in [0.1, 0.15) is 11.9 Å². The van der Waals surface area contributed by atoms with Gasteiger partial charge in [-0.1, -0.05) is 116 Å². The van der Waals surface area contributed by atoms with Crippen LogP contribution in [0.3, 0.4) is 0 Å². The highest BCUT2D eigenvalue weighted by Crippen LogP contribution is 2.26. The molecule has 55 heavy (non-hydrogen) atoms. The average molecular weight is 773 g/mol.